The maximum Gasteiger partial charge on any atom is 0.126 e. The van der Waals surface area contributed by atoms with Crippen LogP contribution in [0.15, 0.2) is 18.2 Å². The summed E-state index contributed by atoms with van der Waals surface area (Å²) < 4.78 is 13.8. The second-order valence-electron chi connectivity index (χ2n) is 8.90. The SMILES string of the molecule is CCCCCC1CCC(C2CCC(c3ccc(C)c(F)c3)CC2)CC1. The Labute approximate surface area is 154 Å². The van der Waals surface area contributed by atoms with Gasteiger partial charge in [0.05, 0.1) is 0 Å². The molecular weight excluding hydrogens is 307 g/mol. The molecular formula is C24H37F. The Balaban J connectivity index is 1.43. The van der Waals surface area contributed by atoms with Crippen molar-refractivity contribution in [1.29, 1.82) is 0 Å². The summed E-state index contributed by atoms with van der Waals surface area (Å²) >= 11 is 0. The van der Waals surface area contributed by atoms with Gasteiger partial charge < -0.3 is 0 Å². The van der Waals surface area contributed by atoms with E-state index in [-0.39, 0.29) is 5.82 Å². The average Bonchev–Trinajstić information content (AvgIpc) is 2.65. The van der Waals surface area contributed by atoms with E-state index < -0.39 is 0 Å². The molecule has 0 spiro atoms. The van der Waals surface area contributed by atoms with Gasteiger partial charge in [-0.15, -0.1) is 0 Å². The van der Waals surface area contributed by atoms with Crippen molar-refractivity contribution in [1.82, 2.24) is 0 Å². The van der Waals surface area contributed by atoms with Crippen molar-refractivity contribution in [3.05, 3.63) is 35.1 Å². The Morgan fingerprint density at radius 1 is 0.880 bits per heavy atom. The highest BCUT2D eigenvalue weighted by Crippen LogP contribution is 2.44. The molecule has 1 aromatic carbocycles. The number of rotatable bonds is 6. The lowest BCUT2D eigenvalue weighted by Gasteiger charge is -2.38. The second-order valence-corrected chi connectivity index (χ2v) is 8.90. The fourth-order valence-corrected chi connectivity index (χ4v) is 5.42. The molecule has 0 radical (unpaired) electrons. The summed E-state index contributed by atoms with van der Waals surface area (Å²) in [5.41, 5.74) is 2.01. The van der Waals surface area contributed by atoms with Crippen molar-refractivity contribution in [2.45, 2.75) is 96.8 Å². The van der Waals surface area contributed by atoms with Crippen LogP contribution in [-0.2, 0) is 0 Å². The largest absolute Gasteiger partial charge is 0.207 e. The zero-order valence-electron chi connectivity index (χ0n) is 16.4. The molecule has 140 valence electrons. The first-order valence-corrected chi connectivity index (χ1v) is 10.9. The van der Waals surface area contributed by atoms with Crippen molar-refractivity contribution >= 4 is 0 Å². The summed E-state index contributed by atoms with van der Waals surface area (Å²) in [6.07, 6.45) is 16.9. The van der Waals surface area contributed by atoms with E-state index in [1.807, 2.05) is 13.0 Å². The summed E-state index contributed by atoms with van der Waals surface area (Å²) in [6.45, 7) is 4.16. The fourth-order valence-electron chi connectivity index (χ4n) is 5.42. The van der Waals surface area contributed by atoms with Crippen LogP contribution in [0.4, 0.5) is 4.39 Å². The topological polar surface area (TPSA) is 0 Å². The van der Waals surface area contributed by atoms with Crippen molar-refractivity contribution in [2.75, 3.05) is 0 Å². The number of benzene rings is 1. The van der Waals surface area contributed by atoms with E-state index in [9.17, 15) is 4.39 Å². The molecule has 0 N–H and O–H groups in total. The monoisotopic (exact) mass is 344 g/mol. The maximum absolute atomic E-state index is 13.8. The molecule has 1 heteroatoms. The predicted octanol–water partition coefficient (Wildman–Crippen LogP) is 7.79. The van der Waals surface area contributed by atoms with Crippen LogP contribution in [0.3, 0.4) is 0 Å². The number of aryl methyl sites for hydroxylation is 1. The highest BCUT2D eigenvalue weighted by Gasteiger charge is 2.31. The van der Waals surface area contributed by atoms with Crippen LogP contribution in [0.25, 0.3) is 0 Å². The fraction of sp³-hybridized carbons (Fsp3) is 0.750. The third-order valence-electron chi connectivity index (χ3n) is 7.21. The second kappa shape index (κ2) is 9.19. The molecule has 0 bridgehead atoms. The van der Waals surface area contributed by atoms with Crippen molar-refractivity contribution in [3.63, 3.8) is 0 Å². The van der Waals surface area contributed by atoms with E-state index >= 15 is 0 Å². The summed E-state index contributed by atoms with van der Waals surface area (Å²) in [4.78, 5) is 0. The smallest absolute Gasteiger partial charge is 0.126 e. The van der Waals surface area contributed by atoms with E-state index in [4.69, 9.17) is 0 Å². The van der Waals surface area contributed by atoms with Gasteiger partial charge in [-0.05, 0) is 86.3 Å². The highest BCUT2D eigenvalue weighted by molar-refractivity contribution is 5.26. The molecule has 0 nitrogen and oxygen atoms in total. The quantitative estimate of drug-likeness (QED) is 0.462. The first-order valence-electron chi connectivity index (χ1n) is 10.9. The molecule has 1 aromatic rings. The predicted molar refractivity (Wildman–Crippen MR) is 105 cm³/mol. The van der Waals surface area contributed by atoms with Gasteiger partial charge in [-0.25, -0.2) is 4.39 Å². The van der Waals surface area contributed by atoms with Gasteiger partial charge in [0.1, 0.15) is 5.82 Å². The standard InChI is InChI=1S/C24H37F/c1-3-4-5-6-19-8-11-20(12-9-19)21-13-15-22(16-14-21)23-10-7-18(2)24(25)17-23/h7,10,17,19-22H,3-6,8-9,11-16H2,1-2H3. The minimum absolute atomic E-state index is 0.0268. The van der Waals surface area contributed by atoms with E-state index in [2.05, 4.69) is 13.0 Å². The van der Waals surface area contributed by atoms with Crippen LogP contribution in [0, 0.1) is 30.5 Å². The minimum atomic E-state index is -0.0268. The zero-order chi connectivity index (χ0) is 17.6. The van der Waals surface area contributed by atoms with Crippen LogP contribution in [0.1, 0.15) is 101 Å². The molecule has 0 saturated heterocycles. The molecule has 0 unspecified atom stereocenters. The van der Waals surface area contributed by atoms with Crippen molar-refractivity contribution < 1.29 is 4.39 Å². The molecule has 2 aliphatic carbocycles. The lowest BCUT2D eigenvalue weighted by atomic mass is 9.68. The molecule has 3 rings (SSSR count). The van der Waals surface area contributed by atoms with Crippen molar-refractivity contribution in [3.8, 4) is 0 Å². The molecule has 2 fully saturated rings. The van der Waals surface area contributed by atoms with Crippen LogP contribution >= 0.6 is 0 Å². The van der Waals surface area contributed by atoms with E-state index in [0.29, 0.717) is 5.92 Å². The van der Waals surface area contributed by atoms with Gasteiger partial charge in [0.25, 0.3) is 0 Å². The minimum Gasteiger partial charge on any atom is -0.207 e. The Morgan fingerprint density at radius 2 is 1.52 bits per heavy atom. The van der Waals surface area contributed by atoms with Gasteiger partial charge >= 0.3 is 0 Å². The molecule has 0 amide bonds. The number of hydrogen-bond donors (Lipinski definition) is 0. The van der Waals surface area contributed by atoms with Gasteiger partial charge in [-0.2, -0.15) is 0 Å². The summed E-state index contributed by atoms with van der Waals surface area (Å²) in [5, 5.41) is 0. The van der Waals surface area contributed by atoms with Crippen LogP contribution < -0.4 is 0 Å². The molecule has 0 aromatic heterocycles. The van der Waals surface area contributed by atoms with Crippen molar-refractivity contribution in [2.24, 2.45) is 17.8 Å². The lowest BCUT2D eigenvalue weighted by molar-refractivity contribution is 0.155. The van der Waals surface area contributed by atoms with Gasteiger partial charge in [0, 0.05) is 0 Å². The van der Waals surface area contributed by atoms with Gasteiger partial charge in [-0.3, -0.25) is 0 Å². The number of unbranched alkanes of at least 4 members (excludes halogenated alkanes) is 2. The first kappa shape index (κ1) is 18.9. The van der Waals surface area contributed by atoms with Crippen LogP contribution in [-0.4, -0.2) is 0 Å². The number of halogens is 1. The number of hydrogen-bond acceptors (Lipinski definition) is 0. The normalized spacial score (nSPS) is 30.4. The van der Waals surface area contributed by atoms with Crippen LogP contribution in [0.5, 0.6) is 0 Å². The van der Waals surface area contributed by atoms with Crippen LogP contribution in [0.2, 0.25) is 0 Å². The Bertz CT molecular complexity index is 519. The van der Waals surface area contributed by atoms with E-state index in [0.717, 1.165) is 23.3 Å². The average molecular weight is 345 g/mol. The summed E-state index contributed by atoms with van der Waals surface area (Å²) in [6, 6.07) is 5.91. The molecule has 0 heterocycles. The Kier molecular flexibility index (Phi) is 6.96. The molecule has 2 aliphatic rings. The molecule has 25 heavy (non-hydrogen) atoms. The molecule has 0 atom stereocenters. The third-order valence-corrected chi connectivity index (χ3v) is 7.21. The highest BCUT2D eigenvalue weighted by atomic mass is 19.1. The lowest BCUT2D eigenvalue weighted by Crippen LogP contribution is -2.25. The third kappa shape index (κ3) is 5.08. The van der Waals surface area contributed by atoms with E-state index in [1.54, 1.807) is 6.07 Å². The van der Waals surface area contributed by atoms with Gasteiger partial charge in [0.2, 0.25) is 0 Å². The summed E-state index contributed by atoms with van der Waals surface area (Å²) in [7, 11) is 0. The maximum atomic E-state index is 13.8. The summed E-state index contributed by atoms with van der Waals surface area (Å²) in [5.74, 6) is 3.52. The molecule has 0 aliphatic heterocycles. The van der Waals surface area contributed by atoms with E-state index in [1.165, 1.54) is 82.6 Å². The Hall–Kier alpha value is -0.850. The Morgan fingerprint density at radius 3 is 2.12 bits per heavy atom. The molecule has 2 saturated carbocycles. The van der Waals surface area contributed by atoms with Gasteiger partial charge in [-0.1, -0.05) is 57.6 Å². The van der Waals surface area contributed by atoms with Gasteiger partial charge in [0.15, 0.2) is 0 Å². The first-order chi connectivity index (χ1) is 12.2. The zero-order valence-corrected chi connectivity index (χ0v) is 16.4.